The number of aliphatic carboxylic acids is 1. The lowest BCUT2D eigenvalue weighted by Crippen LogP contribution is -2.35. The molecule has 1 atom stereocenters. The molecule has 0 aliphatic carbocycles. The highest BCUT2D eigenvalue weighted by atomic mass is 16.4. The molecule has 0 bridgehead atoms. The molecule has 0 radical (unpaired) electrons. The predicted octanol–water partition coefficient (Wildman–Crippen LogP) is 1.13. The zero-order chi connectivity index (χ0) is 10.7. The maximum atomic E-state index is 10.9. The average Bonchev–Trinajstić information content (AvgIpc) is 2.67. The van der Waals surface area contributed by atoms with E-state index in [1.807, 2.05) is 17.0 Å². The summed E-state index contributed by atoms with van der Waals surface area (Å²) in [6.45, 7) is 1.58. The summed E-state index contributed by atoms with van der Waals surface area (Å²) in [4.78, 5) is 16.9. The third kappa shape index (κ3) is 2.33. The van der Waals surface area contributed by atoms with Crippen LogP contribution in [0.3, 0.4) is 0 Å². The Morgan fingerprint density at radius 3 is 2.93 bits per heavy atom. The summed E-state index contributed by atoms with van der Waals surface area (Å²) in [5, 5.41) is 9.01. The van der Waals surface area contributed by atoms with Gasteiger partial charge in [0.15, 0.2) is 0 Å². The van der Waals surface area contributed by atoms with E-state index in [1.165, 1.54) is 0 Å². The molecule has 1 aliphatic heterocycles. The molecule has 1 aromatic rings. The predicted molar refractivity (Wildman–Crippen MR) is 55.3 cm³/mol. The lowest BCUT2D eigenvalue weighted by Gasteiger charge is -2.20. The fraction of sp³-hybridized carbons (Fsp3) is 0.455. The van der Waals surface area contributed by atoms with Crippen LogP contribution in [-0.2, 0) is 11.3 Å². The smallest absolute Gasteiger partial charge is 0.320 e. The van der Waals surface area contributed by atoms with Crippen molar-refractivity contribution in [2.24, 2.45) is 0 Å². The second-order valence-corrected chi connectivity index (χ2v) is 3.82. The number of hydrogen-bond acceptors (Lipinski definition) is 3. The van der Waals surface area contributed by atoms with Crippen molar-refractivity contribution in [1.82, 2.24) is 9.88 Å². The Bertz CT molecular complexity index is 340. The Balaban J connectivity index is 2.03. The normalized spacial score (nSPS) is 21.7. The minimum absolute atomic E-state index is 0.307. The highest BCUT2D eigenvalue weighted by Crippen LogP contribution is 2.19. The third-order valence-corrected chi connectivity index (χ3v) is 2.78. The summed E-state index contributed by atoms with van der Waals surface area (Å²) in [6.07, 6.45) is 5.21. The zero-order valence-electron chi connectivity index (χ0n) is 8.47. The molecule has 1 aromatic heterocycles. The quantitative estimate of drug-likeness (QED) is 0.805. The number of pyridine rings is 1. The van der Waals surface area contributed by atoms with Gasteiger partial charge in [0.2, 0.25) is 0 Å². The Kier molecular flexibility index (Phi) is 2.97. The first-order valence-electron chi connectivity index (χ1n) is 5.13. The zero-order valence-corrected chi connectivity index (χ0v) is 8.47. The van der Waals surface area contributed by atoms with Crippen molar-refractivity contribution in [2.75, 3.05) is 6.54 Å². The van der Waals surface area contributed by atoms with Crippen LogP contribution in [0, 0.1) is 0 Å². The molecule has 0 amide bonds. The van der Waals surface area contributed by atoms with Crippen molar-refractivity contribution >= 4 is 5.97 Å². The standard InChI is InChI=1S/C11H14N2O2/c14-11(15)10-2-1-7-13(10)8-9-3-5-12-6-4-9/h3-6,10H,1-2,7-8H2,(H,14,15)/t10-/m1/s1. The van der Waals surface area contributed by atoms with Gasteiger partial charge in [-0.2, -0.15) is 0 Å². The lowest BCUT2D eigenvalue weighted by atomic mass is 10.2. The van der Waals surface area contributed by atoms with Crippen LogP contribution in [0.4, 0.5) is 0 Å². The molecule has 4 nitrogen and oxygen atoms in total. The van der Waals surface area contributed by atoms with Crippen LogP contribution >= 0.6 is 0 Å². The van der Waals surface area contributed by atoms with E-state index in [4.69, 9.17) is 5.11 Å². The second-order valence-electron chi connectivity index (χ2n) is 3.82. The number of likely N-dealkylation sites (tertiary alicyclic amines) is 1. The first kappa shape index (κ1) is 10.1. The van der Waals surface area contributed by atoms with Crippen LogP contribution in [0.15, 0.2) is 24.5 Å². The fourth-order valence-electron chi connectivity index (χ4n) is 2.02. The number of aromatic nitrogens is 1. The molecule has 2 rings (SSSR count). The molecule has 1 N–H and O–H groups in total. The van der Waals surface area contributed by atoms with Crippen LogP contribution in [0.25, 0.3) is 0 Å². The minimum atomic E-state index is -0.707. The Labute approximate surface area is 88.6 Å². The molecule has 2 heterocycles. The number of carboxylic acid groups (broad SMARTS) is 1. The van der Waals surface area contributed by atoms with Crippen molar-refractivity contribution in [3.8, 4) is 0 Å². The molecule has 80 valence electrons. The van der Waals surface area contributed by atoms with E-state index >= 15 is 0 Å². The van der Waals surface area contributed by atoms with E-state index in [9.17, 15) is 4.79 Å². The van der Waals surface area contributed by atoms with Gasteiger partial charge in [-0.3, -0.25) is 14.7 Å². The summed E-state index contributed by atoms with van der Waals surface area (Å²) < 4.78 is 0. The van der Waals surface area contributed by atoms with Crippen molar-refractivity contribution in [1.29, 1.82) is 0 Å². The summed E-state index contributed by atoms with van der Waals surface area (Å²) in [7, 11) is 0. The summed E-state index contributed by atoms with van der Waals surface area (Å²) in [5.74, 6) is -0.707. The maximum Gasteiger partial charge on any atom is 0.320 e. The van der Waals surface area contributed by atoms with Gasteiger partial charge in [0.25, 0.3) is 0 Å². The van der Waals surface area contributed by atoms with E-state index in [2.05, 4.69) is 4.98 Å². The molecule has 15 heavy (non-hydrogen) atoms. The van der Waals surface area contributed by atoms with Gasteiger partial charge in [0.1, 0.15) is 6.04 Å². The highest BCUT2D eigenvalue weighted by Gasteiger charge is 2.29. The first-order chi connectivity index (χ1) is 7.27. The minimum Gasteiger partial charge on any atom is -0.480 e. The molecule has 1 saturated heterocycles. The lowest BCUT2D eigenvalue weighted by molar-refractivity contribution is -0.142. The summed E-state index contributed by atoms with van der Waals surface area (Å²) >= 11 is 0. The third-order valence-electron chi connectivity index (χ3n) is 2.78. The maximum absolute atomic E-state index is 10.9. The SMILES string of the molecule is O=C(O)[C@H]1CCCN1Cc1ccncc1. The number of carbonyl (C=O) groups is 1. The molecule has 1 fully saturated rings. The van der Waals surface area contributed by atoms with Gasteiger partial charge in [-0.25, -0.2) is 0 Å². The van der Waals surface area contributed by atoms with Gasteiger partial charge < -0.3 is 5.11 Å². The topological polar surface area (TPSA) is 53.4 Å². The number of nitrogens with zero attached hydrogens (tertiary/aromatic N) is 2. The van der Waals surface area contributed by atoms with Crippen LogP contribution < -0.4 is 0 Å². The Morgan fingerprint density at radius 2 is 2.27 bits per heavy atom. The summed E-state index contributed by atoms with van der Waals surface area (Å²) in [6, 6.07) is 3.55. The fourth-order valence-corrected chi connectivity index (χ4v) is 2.02. The van der Waals surface area contributed by atoms with E-state index in [0.29, 0.717) is 6.54 Å². The van der Waals surface area contributed by atoms with Crippen molar-refractivity contribution in [3.63, 3.8) is 0 Å². The van der Waals surface area contributed by atoms with Crippen LogP contribution in [-0.4, -0.2) is 33.5 Å². The van der Waals surface area contributed by atoms with Gasteiger partial charge in [-0.15, -0.1) is 0 Å². The highest BCUT2D eigenvalue weighted by molar-refractivity contribution is 5.73. The molecule has 0 unspecified atom stereocenters. The van der Waals surface area contributed by atoms with Gasteiger partial charge in [-0.1, -0.05) is 0 Å². The van der Waals surface area contributed by atoms with Gasteiger partial charge in [0.05, 0.1) is 0 Å². The van der Waals surface area contributed by atoms with Crippen molar-refractivity contribution in [2.45, 2.75) is 25.4 Å². The van der Waals surface area contributed by atoms with Crippen molar-refractivity contribution < 1.29 is 9.90 Å². The molecular formula is C11H14N2O2. The number of carboxylic acids is 1. The number of rotatable bonds is 3. The molecule has 4 heteroatoms. The molecule has 0 saturated carbocycles. The van der Waals surface area contributed by atoms with Crippen molar-refractivity contribution in [3.05, 3.63) is 30.1 Å². The molecule has 1 aliphatic rings. The molecule has 0 aromatic carbocycles. The Morgan fingerprint density at radius 1 is 1.53 bits per heavy atom. The second kappa shape index (κ2) is 4.40. The van der Waals surface area contributed by atoms with E-state index in [-0.39, 0.29) is 6.04 Å². The average molecular weight is 206 g/mol. The van der Waals surface area contributed by atoms with Gasteiger partial charge in [0, 0.05) is 18.9 Å². The number of hydrogen-bond donors (Lipinski definition) is 1. The first-order valence-corrected chi connectivity index (χ1v) is 5.13. The van der Waals surface area contributed by atoms with Gasteiger partial charge in [-0.05, 0) is 37.1 Å². The Hall–Kier alpha value is -1.42. The monoisotopic (exact) mass is 206 g/mol. The van der Waals surface area contributed by atoms with E-state index < -0.39 is 5.97 Å². The molecule has 0 spiro atoms. The van der Waals surface area contributed by atoms with Crippen LogP contribution in [0.2, 0.25) is 0 Å². The van der Waals surface area contributed by atoms with Gasteiger partial charge >= 0.3 is 5.97 Å². The molecular weight excluding hydrogens is 192 g/mol. The largest absolute Gasteiger partial charge is 0.480 e. The van der Waals surface area contributed by atoms with Crippen LogP contribution in [0.1, 0.15) is 18.4 Å². The van der Waals surface area contributed by atoms with E-state index in [0.717, 1.165) is 24.9 Å². The van der Waals surface area contributed by atoms with Crippen LogP contribution in [0.5, 0.6) is 0 Å². The van der Waals surface area contributed by atoms with E-state index in [1.54, 1.807) is 12.4 Å². The summed E-state index contributed by atoms with van der Waals surface area (Å²) in [5.41, 5.74) is 1.12.